The van der Waals surface area contributed by atoms with Crippen LogP contribution in [0.5, 0.6) is 12.0 Å². The van der Waals surface area contributed by atoms with Gasteiger partial charge in [0.05, 0.1) is 20.8 Å². The summed E-state index contributed by atoms with van der Waals surface area (Å²) in [6.07, 6.45) is 0. The Morgan fingerprint density at radius 1 is 1.00 bits per heavy atom. The first kappa shape index (κ1) is 14.0. The van der Waals surface area contributed by atoms with Crippen molar-refractivity contribution in [2.75, 3.05) is 32.3 Å². The van der Waals surface area contributed by atoms with Gasteiger partial charge in [-0.2, -0.15) is 9.97 Å². The number of nitrogens with zero attached hydrogens (tertiary/aromatic N) is 4. The van der Waals surface area contributed by atoms with Crippen LogP contribution in [0, 0.1) is 0 Å². The van der Waals surface area contributed by atoms with Crippen LogP contribution in [0.15, 0.2) is 30.3 Å². The fourth-order valence-corrected chi connectivity index (χ4v) is 1.68. The molecule has 7 heteroatoms. The summed E-state index contributed by atoms with van der Waals surface area (Å²) in [5.41, 5.74) is 0.858. The monoisotopic (exact) mass is 276 g/mol. The van der Waals surface area contributed by atoms with Gasteiger partial charge in [-0.15, -0.1) is 4.98 Å². The first-order chi connectivity index (χ1) is 9.78. The number of methoxy groups -OCH3 is 2. The van der Waals surface area contributed by atoms with Gasteiger partial charge >= 0.3 is 12.0 Å². The molecule has 1 aromatic carbocycles. The number of rotatable bonds is 6. The second kappa shape index (κ2) is 6.67. The van der Waals surface area contributed by atoms with Crippen molar-refractivity contribution in [1.29, 1.82) is 0 Å². The predicted octanol–water partition coefficient (Wildman–Crippen LogP) is 1.02. The molecular weight excluding hydrogens is 260 g/mol. The first-order valence-corrected chi connectivity index (χ1v) is 6.06. The van der Waals surface area contributed by atoms with Gasteiger partial charge in [-0.1, -0.05) is 18.2 Å². The van der Waals surface area contributed by atoms with Crippen LogP contribution in [-0.2, 0) is 0 Å². The van der Waals surface area contributed by atoms with E-state index in [1.807, 2.05) is 30.3 Å². The van der Waals surface area contributed by atoms with E-state index >= 15 is 0 Å². The van der Waals surface area contributed by atoms with Crippen molar-refractivity contribution in [3.8, 4) is 12.0 Å². The number of para-hydroxylation sites is 1. The van der Waals surface area contributed by atoms with E-state index in [0.29, 0.717) is 12.5 Å². The maximum absolute atomic E-state index is 9.24. The Labute approximate surface area is 116 Å². The minimum atomic E-state index is -0.0365. The third kappa shape index (κ3) is 3.12. The normalized spacial score (nSPS) is 10.2. The second-order valence-electron chi connectivity index (χ2n) is 3.82. The Morgan fingerprint density at radius 3 is 2.10 bits per heavy atom. The number of aliphatic hydroxyl groups is 1. The molecule has 0 amide bonds. The van der Waals surface area contributed by atoms with Crippen LogP contribution in [0.4, 0.5) is 11.6 Å². The SMILES string of the molecule is COc1nc(OC)nc(N(CCO)c2ccccc2)n1. The summed E-state index contributed by atoms with van der Waals surface area (Å²) in [5.74, 6) is 0.356. The van der Waals surface area contributed by atoms with E-state index in [1.165, 1.54) is 14.2 Å². The number of hydrogen-bond donors (Lipinski definition) is 1. The number of aliphatic hydroxyl groups excluding tert-OH is 1. The molecule has 0 saturated carbocycles. The Hall–Kier alpha value is -2.41. The maximum atomic E-state index is 9.24. The minimum absolute atomic E-state index is 0.0365. The van der Waals surface area contributed by atoms with Crippen molar-refractivity contribution < 1.29 is 14.6 Å². The molecule has 0 bridgehead atoms. The highest BCUT2D eigenvalue weighted by atomic mass is 16.5. The lowest BCUT2D eigenvalue weighted by Gasteiger charge is -2.21. The van der Waals surface area contributed by atoms with E-state index in [9.17, 15) is 5.11 Å². The van der Waals surface area contributed by atoms with E-state index in [4.69, 9.17) is 9.47 Å². The van der Waals surface area contributed by atoms with Crippen LogP contribution in [-0.4, -0.2) is 47.4 Å². The Morgan fingerprint density at radius 2 is 1.60 bits per heavy atom. The van der Waals surface area contributed by atoms with E-state index in [2.05, 4.69) is 15.0 Å². The van der Waals surface area contributed by atoms with Crippen LogP contribution >= 0.6 is 0 Å². The lowest BCUT2D eigenvalue weighted by Crippen LogP contribution is -2.23. The zero-order chi connectivity index (χ0) is 14.4. The first-order valence-electron chi connectivity index (χ1n) is 6.06. The number of benzene rings is 1. The third-order valence-electron chi connectivity index (χ3n) is 2.58. The molecule has 0 saturated heterocycles. The lowest BCUT2D eigenvalue weighted by atomic mass is 10.3. The molecule has 0 spiro atoms. The summed E-state index contributed by atoms with van der Waals surface area (Å²) in [6, 6.07) is 9.83. The van der Waals surface area contributed by atoms with Gasteiger partial charge in [-0.25, -0.2) is 0 Å². The van der Waals surface area contributed by atoms with E-state index < -0.39 is 0 Å². The van der Waals surface area contributed by atoms with Crippen molar-refractivity contribution in [3.05, 3.63) is 30.3 Å². The summed E-state index contributed by atoms with van der Waals surface area (Å²) in [4.78, 5) is 14.1. The quantitative estimate of drug-likeness (QED) is 0.843. The zero-order valence-corrected chi connectivity index (χ0v) is 11.4. The lowest BCUT2D eigenvalue weighted by molar-refractivity contribution is 0.304. The molecule has 7 nitrogen and oxygen atoms in total. The fourth-order valence-electron chi connectivity index (χ4n) is 1.68. The number of aromatic nitrogens is 3. The highest BCUT2D eigenvalue weighted by Crippen LogP contribution is 2.24. The molecule has 2 rings (SSSR count). The molecule has 0 fully saturated rings. The summed E-state index contributed by atoms with van der Waals surface area (Å²) in [7, 11) is 2.94. The Kier molecular flexibility index (Phi) is 4.67. The van der Waals surface area contributed by atoms with Crippen LogP contribution in [0.1, 0.15) is 0 Å². The van der Waals surface area contributed by atoms with Crippen LogP contribution < -0.4 is 14.4 Å². The standard InChI is InChI=1S/C13H16N4O3/c1-19-12-14-11(15-13(16-12)20-2)17(8-9-18)10-6-4-3-5-7-10/h3-7,18H,8-9H2,1-2H3. The van der Waals surface area contributed by atoms with Crippen molar-refractivity contribution in [1.82, 2.24) is 15.0 Å². The van der Waals surface area contributed by atoms with Crippen molar-refractivity contribution >= 4 is 11.6 Å². The van der Waals surface area contributed by atoms with Crippen LogP contribution in [0.3, 0.4) is 0 Å². The van der Waals surface area contributed by atoms with Gasteiger partial charge in [0, 0.05) is 12.2 Å². The molecule has 0 atom stereocenters. The summed E-state index contributed by atoms with van der Waals surface area (Å²) < 4.78 is 10.1. The molecule has 1 aromatic heterocycles. The smallest absolute Gasteiger partial charge is 0.324 e. The van der Waals surface area contributed by atoms with Crippen molar-refractivity contribution in [2.24, 2.45) is 0 Å². The molecule has 106 valence electrons. The van der Waals surface area contributed by atoms with Gasteiger partial charge in [0.15, 0.2) is 0 Å². The molecule has 20 heavy (non-hydrogen) atoms. The molecule has 0 unspecified atom stereocenters. The summed E-state index contributed by atoms with van der Waals surface area (Å²) in [5, 5.41) is 9.24. The van der Waals surface area contributed by atoms with E-state index in [1.54, 1.807) is 4.90 Å². The Bertz CT molecular complexity index is 528. The molecule has 0 radical (unpaired) electrons. The number of hydrogen-bond acceptors (Lipinski definition) is 7. The molecule has 2 aromatic rings. The Balaban J connectivity index is 2.43. The average Bonchev–Trinajstić information content (AvgIpc) is 2.52. The molecular formula is C13H16N4O3. The zero-order valence-electron chi connectivity index (χ0n) is 11.4. The second-order valence-corrected chi connectivity index (χ2v) is 3.82. The topological polar surface area (TPSA) is 80.6 Å². The fraction of sp³-hybridized carbons (Fsp3) is 0.308. The van der Waals surface area contributed by atoms with Crippen LogP contribution in [0.25, 0.3) is 0 Å². The van der Waals surface area contributed by atoms with Gasteiger partial charge in [0.25, 0.3) is 0 Å². The van der Waals surface area contributed by atoms with E-state index in [0.717, 1.165) is 5.69 Å². The van der Waals surface area contributed by atoms with Gasteiger partial charge in [0.2, 0.25) is 5.95 Å². The van der Waals surface area contributed by atoms with Gasteiger partial charge < -0.3 is 19.5 Å². The maximum Gasteiger partial charge on any atom is 0.324 e. The molecule has 0 aliphatic rings. The van der Waals surface area contributed by atoms with E-state index in [-0.39, 0.29) is 18.6 Å². The highest BCUT2D eigenvalue weighted by molar-refractivity contribution is 5.57. The van der Waals surface area contributed by atoms with Crippen LogP contribution in [0.2, 0.25) is 0 Å². The van der Waals surface area contributed by atoms with Gasteiger partial charge in [0.1, 0.15) is 0 Å². The highest BCUT2D eigenvalue weighted by Gasteiger charge is 2.15. The van der Waals surface area contributed by atoms with Gasteiger partial charge in [-0.05, 0) is 12.1 Å². The summed E-state index contributed by atoms with van der Waals surface area (Å²) >= 11 is 0. The molecule has 0 aliphatic carbocycles. The largest absolute Gasteiger partial charge is 0.467 e. The van der Waals surface area contributed by atoms with Crippen molar-refractivity contribution in [2.45, 2.75) is 0 Å². The number of anilines is 2. The number of ether oxygens (including phenoxy) is 2. The average molecular weight is 276 g/mol. The van der Waals surface area contributed by atoms with Crippen molar-refractivity contribution in [3.63, 3.8) is 0 Å². The molecule has 1 N–H and O–H groups in total. The summed E-state index contributed by atoms with van der Waals surface area (Å²) in [6.45, 7) is 0.311. The van der Waals surface area contributed by atoms with Gasteiger partial charge in [-0.3, -0.25) is 0 Å². The molecule has 0 aliphatic heterocycles. The minimum Gasteiger partial charge on any atom is -0.467 e. The molecule has 1 heterocycles. The predicted molar refractivity (Wildman–Crippen MR) is 73.5 cm³/mol. The third-order valence-corrected chi connectivity index (χ3v) is 2.58.